The molecule has 2 rings (SSSR count). The van der Waals surface area contributed by atoms with Crippen molar-refractivity contribution in [1.29, 1.82) is 0 Å². The largest absolute Gasteiger partial charge is 0.493 e. The van der Waals surface area contributed by atoms with Crippen molar-refractivity contribution in [2.45, 2.75) is 26.7 Å². The molecule has 0 bridgehead atoms. The molecule has 1 aromatic heterocycles. The van der Waals surface area contributed by atoms with Gasteiger partial charge in [-0.25, -0.2) is 9.97 Å². The summed E-state index contributed by atoms with van der Waals surface area (Å²) in [7, 11) is 1.89. The molecule has 1 heterocycles. The molecule has 0 aliphatic heterocycles. The molecule has 0 aliphatic rings. The molecule has 0 aliphatic carbocycles. The topological polar surface area (TPSA) is 47.0 Å². The number of para-hydroxylation sites is 1. The zero-order valence-corrected chi connectivity index (χ0v) is 14.8. The predicted molar refractivity (Wildman–Crippen MR) is 94.9 cm³/mol. The Labute approximate surface area is 139 Å². The molecule has 1 aromatic carbocycles. The van der Waals surface area contributed by atoms with Gasteiger partial charge < -0.3 is 10.1 Å². The van der Waals surface area contributed by atoms with Crippen molar-refractivity contribution < 1.29 is 4.74 Å². The number of benzene rings is 1. The van der Waals surface area contributed by atoms with Gasteiger partial charge >= 0.3 is 0 Å². The van der Waals surface area contributed by atoms with Crippen LogP contribution in [0.1, 0.15) is 26.0 Å². The Balaban J connectivity index is 2.55. The minimum absolute atomic E-state index is 0.627. The summed E-state index contributed by atoms with van der Waals surface area (Å²) < 4.78 is 6.78. The van der Waals surface area contributed by atoms with E-state index in [4.69, 9.17) is 9.72 Å². The average molecular weight is 397 g/mol. The number of nitrogens with zero attached hydrogens (tertiary/aromatic N) is 2. The molecule has 0 atom stereocenters. The molecule has 1 N–H and O–H groups in total. The third kappa shape index (κ3) is 3.64. The molecule has 4 nitrogen and oxygen atoms in total. The first-order chi connectivity index (χ1) is 10.2. The van der Waals surface area contributed by atoms with Crippen LogP contribution in [0, 0.1) is 3.57 Å². The lowest BCUT2D eigenvalue weighted by Gasteiger charge is -2.13. The molecular weight excluding hydrogens is 377 g/mol. The van der Waals surface area contributed by atoms with E-state index in [-0.39, 0.29) is 0 Å². The van der Waals surface area contributed by atoms with Crippen molar-refractivity contribution in [2.75, 3.05) is 19.0 Å². The summed E-state index contributed by atoms with van der Waals surface area (Å²) in [6, 6.07) is 7.91. The smallest absolute Gasteiger partial charge is 0.165 e. The molecule has 21 heavy (non-hydrogen) atoms. The second-order valence-corrected chi connectivity index (χ2v) is 5.66. The fourth-order valence-corrected chi connectivity index (χ4v) is 2.90. The van der Waals surface area contributed by atoms with Crippen molar-refractivity contribution in [3.63, 3.8) is 0 Å². The van der Waals surface area contributed by atoms with Gasteiger partial charge in [0.15, 0.2) is 5.82 Å². The maximum Gasteiger partial charge on any atom is 0.165 e. The third-order valence-corrected chi connectivity index (χ3v) is 4.20. The van der Waals surface area contributed by atoms with Gasteiger partial charge in [-0.05, 0) is 48.1 Å². The number of aromatic nitrogens is 2. The van der Waals surface area contributed by atoms with Crippen LogP contribution in [0.4, 0.5) is 5.82 Å². The highest BCUT2D eigenvalue weighted by molar-refractivity contribution is 14.1. The maximum atomic E-state index is 5.69. The SMILES string of the molecule is CCCc1nc(-c2ccccc2OCC)nc(NC)c1I. The first-order valence-corrected chi connectivity index (χ1v) is 8.25. The lowest BCUT2D eigenvalue weighted by Crippen LogP contribution is -2.06. The van der Waals surface area contributed by atoms with E-state index in [1.54, 1.807) is 0 Å². The van der Waals surface area contributed by atoms with Gasteiger partial charge in [-0.15, -0.1) is 0 Å². The quantitative estimate of drug-likeness (QED) is 0.745. The van der Waals surface area contributed by atoms with Gasteiger partial charge in [0.05, 0.1) is 21.4 Å². The first-order valence-electron chi connectivity index (χ1n) is 7.17. The van der Waals surface area contributed by atoms with Crippen LogP contribution < -0.4 is 10.1 Å². The molecule has 5 heteroatoms. The van der Waals surface area contributed by atoms with Crippen LogP contribution in [-0.2, 0) is 6.42 Å². The maximum absolute atomic E-state index is 5.69. The number of ether oxygens (including phenoxy) is 1. The first kappa shape index (κ1) is 16.0. The number of hydrogen-bond donors (Lipinski definition) is 1. The van der Waals surface area contributed by atoms with Crippen molar-refractivity contribution in [3.05, 3.63) is 33.5 Å². The van der Waals surface area contributed by atoms with Crippen molar-refractivity contribution in [3.8, 4) is 17.1 Å². The molecule has 0 spiro atoms. The van der Waals surface area contributed by atoms with Crippen LogP contribution in [0.5, 0.6) is 5.75 Å². The summed E-state index contributed by atoms with van der Waals surface area (Å²) in [6.07, 6.45) is 2.00. The second kappa shape index (κ2) is 7.59. The van der Waals surface area contributed by atoms with Crippen molar-refractivity contribution in [1.82, 2.24) is 9.97 Å². The molecule has 2 aromatic rings. The van der Waals surface area contributed by atoms with E-state index < -0.39 is 0 Å². The summed E-state index contributed by atoms with van der Waals surface area (Å²) in [5, 5.41) is 3.16. The highest BCUT2D eigenvalue weighted by atomic mass is 127. The number of nitrogens with one attached hydrogen (secondary N) is 1. The minimum Gasteiger partial charge on any atom is -0.493 e. The Kier molecular flexibility index (Phi) is 5.78. The second-order valence-electron chi connectivity index (χ2n) is 4.59. The number of hydrogen-bond acceptors (Lipinski definition) is 4. The molecule has 0 unspecified atom stereocenters. The van der Waals surface area contributed by atoms with Gasteiger partial charge in [-0.1, -0.05) is 25.5 Å². The molecule has 0 fully saturated rings. The van der Waals surface area contributed by atoms with Crippen LogP contribution in [0.15, 0.2) is 24.3 Å². The Morgan fingerprint density at radius 2 is 1.95 bits per heavy atom. The monoisotopic (exact) mass is 397 g/mol. The number of aryl methyl sites for hydroxylation is 1. The van der Waals surface area contributed by atoms with E-state index in [0.717, 1.165) is 39.2 Å². The van der Waals surface area contributed by atoms with Crippen LogP contribution >= 0.6 is 22.6 Å². The van der Waals surface area contributed by atoms with Crippen LogP contribution in [0.3, 0.4) is 0 Å². The summed E-state index contributed by atoms with van der Waals surface area (Å²) in [5.74, 6) is 2.41. The van der Waals surface area contributed by atoms with E-state index in [0.29, 0.717) is 12.4 Å². The van der Waals surface area contributed by atoms with Gasteiger partial charge in [-0.2, -0.15) is 0 Å². The van der Waals surface area contributed by atoms with Crippen molar-refractivity contribution in [2.24, 2.45) is 0 Å². The van der Waals surface area contributed by atoms with Gasteiger partial charge in [-0.3, -0.25) is 0 Å². The molecule has 0 saturated heterocycles. The summed E-state index contributed by atoms with van der Waals surface area (Å²) in [4.78, 5) is 9.38. The summed E-state index contributed by atoms with van der Waals surface area (Å²) in [6.45, 7) is 4.76. The summed E-state index contributed by atoms with van der Waals surface area (Å²) >= 11 is 2.31. The molecular formula is C16H20IN3O. The number of halogens is 1. The fourth-order valence-electron chi connectivity index (χ4n) is 2.11. The summed E-state index contributed by atoms with van der Waals surface area (Å²) in [5.41, 5.74) is 2.02. The average Bonchev–Trinajstić information content (AvgIpc) is 2.50. The van der Waals surface area contributed by atoms with E-state index in [2.05, 4.69) is 39.8 Å². The van der Waals surface area contributed by atoms with E-state index in [1.807, 2.05) is 38.2 Å². The molecule has 0 saturated carbocycles. The third-order valence-electron chi connectivity index (χ3n) is 3.07. The van der Waals surface area contributed by atoms with Crippen LogP contribution in [-0.4, -0.2) is 23.6 Å². The lowest BCUT2D eigenvalue weighted by atomic mass is 10.1. The van der Waals surface area contributed by atoms with Gasteiger partial charge in [0.25, 0.3) is 0 Å². The standard InChI is InChI=1S/C16H20IN3O/c1-4-8-12-14(17)16(18-3)20-15(19-12)11-9-6-7-10-13(11)21-5-2/h6-7,9-10H,4-5,8H2,1-3H3,(H,18,19,20). The Hall–Kier alpha value is -1.37. The minimum atomic E-state index is 0.627. The number of anilines is 1. The Bertz CT molecular complexity index is 616. The molecule has 112 valence electrons. The predicted octanol–water partition coefficient (Wildman–Crippen LogP) is 4.14. The molecule has 0 amide bonds. The highest BCUT2D eigenvalue weighted by Crippen LogP contribution is 2.30. The number of rotatable bonds is 6. The van der Waals surface area contributed by atoms with Gasteiger partial charge in [0, 0.05) is 7.05 Å². The van der Waals surface area contributed by atoms with E-state index >= 15 is 0 Å². The van der Waals surface area contributed by atoms with Crippen LogP contribution in [0.25, 0.3) is 11.4 Å². The van der Waals surface area contributed by atoms with Crippen molar-refractivity contribution >= 4 is 28.4 Å². The van der Waals surface area contributed by atoms with Gasteiger partial charge in [0.2, 0.25) is 0 Å². The zero-order valence-electron chi connectivity index (χ0n) is 12.6. The lowest BCUT2D eigenvalue weighted by molar-refractivity contribution is 0.341. The molecule has 0 radical (unpaired) electrons. The fraction of sp³-hybridized carbons (Fsp3) is 0.375. The highest BCUT2D eigenvalue weighted by Gasteiger charge is 2.14. The van der Waals surface area contributed by atoms with E-state index in [1.165, 1.54) is 0 Å². The van der Waals surface area contributed by atoms with E-state index in [9.17, 15) is 0 Å². The Morgan fingerprint density at radius 1 is 1.19 bits per heavy atom. The zero-order chi connectivity index (χ0) is 15.2. The van der Waals surface area contributed by atoms with Gasteiger partial charge in [0.1, 0.15) is 11.6 Å². The van der Waals surface area contributed by atoms with Crippen LogP contribution in [0.2, 0.25) is 0 Å². The normalized spacial score (nSPS) is 10.5. The Morgan fingerprint density at radius 3 is 2.62 bits per heavy atom.